The van der Waals surface area contributed by atoms with Crippen LogP contribution in [0.4, 0.5) is 35.1 Å². The predicted octanol–water partition coefficient (Wildman–Crippen LogP) is 8.52. The van der Waals surface area contributed by atoms with Gasteiger partial charge in [-0.25, -0.2) is 28.3 Å². The minimum Gasteiger partial charge on any atom is -0.870 e. The van der Waals surface area contributed by atoms with E-state index in [0.717, 1.165) is 29.8 Å². The largest absolute Gasteiger partial charge is 1.00 e. The Labute approximate surface area is 457 Å². The number of amides is 2. The Kier molecular flexibility index (Phi) is 20.4. The van der Waals surface area contributed by atoms with Crippen LogP contribution in [0.2, 0.25) is 0 Å². The van der Waals surface area contributed by atoms with E-state index < -0.39 is 72.7 Å². The third-order valence-corrected chi connectivity index (χ3v) is 12.4. The van der Waals surface area contributed by atoms with Gasteiger partial charge < -0.3 is 35.1 Å². The molecule has 13 nitrogen and oxygen atoms in total. The fourth-order valence-electron chi connectivity index (χ4n) is 8.44. The van der Waals surface area contributed by atoms with E-state index in [2.05, 4.69) is 20.6 Å². The molecule has 77 heavy (non-hydrogen) atoms. The van der Waals surface area contributed by atoms with Gasteiger partial charge in [0.2, 0.25) is 0 Å². The van der Waals surface area contributed by atoms with Gasteiger partial charge in [0.15, 0.2) is 0 Å². The van der Waals surface area contributed by atoms with Crippen LogP contribution < -0.4 is 40.2 Å². The van der Waals surface area contributed by atoms with E-state index >= 15 is 0 Å². The second-order valence-electron chi connectivity index (χ2n) is 17.4. The van der Waals surface area contributed by atoms with Gasteiger partial charge in [0.1, 0.15) is 24.6 Å². The van der Waals surface area contributed by atoms with Gasteiger partial charge in [-0.05, 0) is 121 Å². The van der Waals surface area contributed by atoms with Gasteiger partial charge in [-0.2, -0.15) is 26.3 Å². The Morgan fingerprint density at radius 3 is 1.27 bits per heavy atom. The molecule has 22 heteroatoms. The molecule has 2 amide bonds. The number of aromatic nitrogens is 4. The van der Waals surface area contributed by atoms with Crippen molar-refractivity contribution in [2.45, 2.75) is 64.2 Å². The maximum Gasteiger partial charge on any atom is 1.00 e. The van der Waals surface area contributed by atoms with Gasteiger partial charge in [0.25, 0.3) is 11.8 Å². The van der Waals surface area contributed by atoms with Crippen molar-refractivity contribution in [1.29, 1.82) is 0 Å². The maximum atomic E-state index is 13.4. The summed E-state index contributed by atoms with van der Waals surface area (Å²) < 4.78 is 112. The van der Waals surface area contributed by atoms with Crippen LogP contribution in [0.1, 0.15) is 112 Å². The molecule has 398 valence electrons. The first kappa shape index (κ1) is 60.4. The summed E-state index contributed by atoms with van der Waals surface area (Å²) in [4.78, 5) is 58.2. The summed E-state index contributed by atoms with van der Waals surface area (Å²) in [5.74, 6) is -2.39. The minimum atomic E-state index is -4.44. The summed E-state index contributed by atoms with van der Waals surface area (Å²) in [5.41, 5.74) is 4.34. The molecule has 0 radical (unpaired) electrons. The van der Waals surface area contributed by atoms with E-state index in [1.165, 1.54) is 72.9 Å². The number of carboxylic acid groups (broad SMARTS) is 1. The molecule has 8 aromatic rings. The van der Waals surface area contributed by atoms with Crippen molar-refractivity contribution in [3.63, 3.8) is 0 Å². The monoisotopic (exact) mass is 1080 g/mol. The van der Waals surface area contributed by atoms with Crippen LogP contribution in [0.15, 0.2) is 134 Å². The number of carbonyl (C=O) groups excluding carboxylic acids is 3. The number of pyridine rings is 2. The third kappa shape index (κ3) is 14.5. The average molecular weight is 1080 g/mol. The number of carboxylic acids is 1. The number of hydrogen-bond acceptors (Lipinski definition) is 8. The van der Waals surface area contributed by atoms with Crippen molar-refractivity contribution in [2.75, 3.05) is 20.5 Å². The van der Waals surface area contributed by atoms with Gasteiger partial charge >= 0.3 is 53.8 Å². The first-order valence-electron chi connectivity index (χ1n) is 23.2. The molecule has 0 saturated heterocycles. The Hall–Kier alpha value is -7.46. The Bertz CT molecular complexity index is 3330. The molecule has 0 aliphatic rings. The van der Waals surface area contributed by atoms with Crippen LogP contribution in [0, 0.1) is 0 Å². The molecular formula is C55H49F8N6NaO7. The summed E-state index contributed by atoms with van der Waals surface area (Å²) in [7, 11) is 1.29. The average Bonchev–Trinajstić information content (AvgIpc) is 4.00. The summed E-state index contributed by atoms with van der Waals surface area (Å²) >= 11 is 0. The zero-order valence-electron chi connectivity index (χ0n) is 41.8. The number of rotatable bonds is 16. The number of ether oxygens (including phenoxy) is 1. The number of hydrogen-bond donors (Lipinski definition) is 3. The molecule has 0 spiro atoms. The van der Waals surface area contributed by atoms with E-state index in [1.807, 2.05) is 0 Å². The molecule has 2 atom stereocenters. The van der Waals surface area contributed by atoms with Crippen molar-refractivity contribution in [3.05, 3.63) is 201 Å². The number of nitrogens with one attached hydrogen (secondary N) is 2. The molecule has 4 aromatic carbocycles. The van der Waals surface area contributed by atoms with Crippen LogP contribution in [0.25, 0.3) is 22.1 Å². The van der Waals surface area contributed by atoms with Crippen molar-refractivity contribution in [3.8, 4) is 0 Å². The minimum absolute atomic E-state index is 0. The van der Waals surface area contributed by atoms with Crippen LogP contribution in [0.5, 0.6) is 0 Å². The summed E-state index contributed by atoms with van der Waals surface area (Å²) in [6, 6.07) is 24.8. The summed E-state index contributed by atoms with van der Waals surface area (Å²) in [5, 5.41) is 15.9. The SMILES string of the molecule is COC(=O)c1ccc([C@H](C)NC(=O)c2cn(CCF)c3nccc(Cc4ccc(C(F)(F)F)cc4)c23)cc1.C[C@H](NC(=O)c1cn(CCF)c2nccc(Cc3ccc(C(F)(F)F)cc3)c12)c1ccc(C(=O)O)cc1.[Na+].[OH-]. The van der Waals surface area contributed by atoms with Crippen LogP contribution in [-0.4, -0.2) is 73.9 Å². The Morgan fingerprint density at radius 2 is 0.948 bits per heavy atom. The molecule has 0 aliphatic carbocycles. The molecule has 0 bridgehead atoms. The second-order valence-corrected chi connectivity index (χ2v) is 17.4. The van der Waals surface area contributed by atoms with Crippen molar-refractivity contribution < 1.29 is 99.2 Å². The molecule has 0 unspecified atom stereocenters. The second kappa shape index (κ2) is 26.1. The fraction of sp³-hybridized carbons (Fsp3) is 0.236. The third-order valence-electron chi connectivity index (χ3n) is 12.4. The number of halogens is 8. The van der Waals surface area contributed by atoms with E-state index in [1.54, 1.807) is 66.9 Å². The summed E-state index contributed by atoms with van der Waals surface area (Å²) in [6.07, 6.45) is -2.28. The maximum absolute atomic E-state index is 13.4. The first-order chi connectivity index (χ1) is 35.7. The Morgan fingerprint density at radius 1 is 0.584 bits per heavy atom. The topological polar surface area (TPSA) is 187 Å². The Balaban J connectivity index is 0.000000277. The van der Waals surface area contributed by atoms with Crippen LogP contribution in [0.3, 0.4) is 0 Å². The van der Waals surface area contributed by atoms with Gasteiger partial charge in [-0.1, -0.05) is 48.5 Å². The van der Waals surface area contributed by atoms with Gasteiger partial charge in [-0.3, -0.25) is 9.59 Å². The first-order valence-corrected chi connectivity index (χ1v) is 23.2. The molecule has 4 aromatic heterocycles. The number of benzene rings is 4. The van der Waals surface area contributed by atoms with Gasteiger partial charge in [0.05, 0.1) is 65.7 Å². The van der Waals surface area contributed by atoms with Crippen molar-refractivity contribution in [1.82, 2.24) is 29.7 Å². The number of aryl methyl sites for hydroxylation is 2. The number of alkyl halides is 8. The molecule has 4 heterocycles. The number of carbonyl (C=O) groups is 4. The normalized spacial score (nSPS) is 12.1. The van der Waals surface area contributed by atoms with E-state index in [4.69, 9.17) is 9.84 Å². The number of fused-ring (bicyclic) bond motifs is 2. The molecule has 4 N–H and O–H groups in total. The smallest absolute Gasteiger partial charge is 0.870 e. The molecule has 0 fully saturated rings. The van der Waals surface area contributed by atoms with Crippen LogP contribution in [-0.2, 0) is 43.0 Å². The summed E-state index contributed by atoms with van der Waals surface area (Å²) in [6.45, 7) is 2.15. The van der Waals surface area contributed by atoms with Gasteiger partial charge in [0, 0.05) is 35.6 Å². The van der Waals surface area contributed by atoms with Gasteiger partial charge in [-0.15, -0.1) is 0 Å². The van der Waals surface area contributed by atoms with Crippen molar-refractivity contribution in [2.24, 2.45) is 0 Å². The van der Waals surface area contributed by atoms with E-state index in [9.17, 15) is 54.3 Å². The number of nitrogens with zero attached hydrogens (tertiary/aromatic N) is 4. The molecule has 8 rings (SSSR count). The van der Waals surface area contributed by atoms with E-state index in [0.29, 0.717) is 55.4 Å². The fourth-order valence-corrected chi connectivity index (χ4v) is 8.44. The number of methoxy groups -OCH3 is 1. The zero-order valence-corrected chi connectivity index (χ0v) is 43.8. The molecule has 0 aliphatic heterocycles. The quantitative estimate of drug-likeness (QED) is 0.0484. The number of aromatic carboxylic acids is 1. The van der Waals surface area contributed by atoms with Crippen LogP contribution >= 0.6 is 0 Å². The standard InChI is InChI=1S/C28H25F4N3O3.C27H23F4N3O3.Na.H2O/c1-17(19-5-7-20(8-6-19)27(37)38-2)34-26(36)23-16-35(14-12-29)25-24(23)21(11-13-33-25)15-18-3-9-22(10-4-18)28(30,31)32;1-16(18-4-6-19(7-5-18)26(36)37)33-25(35)22-15-34(13-11-28)24-23(22)20(10-12-32-24)14-17-2-8-21(9-3-17)27(29,30)31;;/h3-11,13,16-17H,12,14-15H2,1-2H3,(H,34,36);2-10,12,15-16H,11,13-14H2,1H3,(H,33,35)(H,36,37);;1H2/q;;+1;/p-1/t17-;16-;;/m00../s1. The molecular weight excluding hydrogens is 1030 g/mol. The predicted molar refractivity (Wildman–Crippen MR) is 265 cm³/mol. The van der Waals surface area contributed by atoms with E-state index in [-0.39, 0.29) is 77.7 Å². The molecule has 0 saturated carbocycles. The number of esters is 1. The van der Waals surface area contributed by atoms with Crippen molar-refractivity contribution >= 4 is 45.8 Å². The zero-order chi connectivity index (χ0) is 54.2.